The maximum atomic E-state index is 12.0. The molecular formula is C15H21N3O2S. The first-order valence-electron chi connectivity index (χ1n) is 6.86. The fraction of sp³-hybridized carbons (Fsp3) is 0.467. The van der Waals surface area contributed by atoms with Gasteiger partial charge in [-0.05, 0) is 31.5 Å². The topological polar surface area (TPSA) is 67.6 Å². The van der Waals surface area contributed by atoms with Gasteiger partial charge in [-0.3, -0.25) is 9.69 Å². The van der Waals surface area contributed by atoms with Crippen LogP contribution in [-0.4, -0.2) is 41.5 Å². The lowest BCUT2D eigenvalue weighted by Gasteiger charge is -2.41. The number of piperazine rings is 1. The molecule has 1 aliphatic heterocycles. The summed E-state index contributed by atoms with van der Waals surface area (Å²) < 4.78 is 5.34. The number of benzene rings is 1. The summed E-state index contributed by atoms with van der Waals surface area (Å²) in [6, 6.07) is 5.77. The van der Waals surface area contributed by atoms with Crippen LogP contribution in [0.5, 0.6) is 5.75 Å². The van der Waals surface area contributed by atoms with E-state index in [4.69, 9.17) is 22.7 Å². The van der Waals surface area contributed by atoms with E-state index < -0.39 is 5.54 Å². The van der Waals surface area contributed by atoms with Crippen molar-refractivity contribution >= 4 is 23.1 Å². The Labute approximate surface area is 130 Å². The van der Waals surface area contributed by atoms with Gasteiger partial charge in [-0.1, -0.05) is 18.3 Å². The number of carbonyl (C=O) groups is 1. The number of hydrogen-bond acceptors (Lipinski definition) is 4. The lowest BCUT2D eigenvalue weighted by molar-refractivity contribution is -0.135. The van der Waals surface area contributed by atoms with Crippen LogP contribution < -0.4 is 15.8 Å². The second kappa shape index (κ2) is 5.99. The molecule has 1 fully saturated rings. The minimum atomic E-state index is -0.521. The average molecular weight is 307 g/mol. The molecule has 1 heterocycles. The number of amides is 1. The predicted molar refractivity (Wildman–Crippen MR) is 86.4 cm³/mol. The second-order valence-corrected chi connectivity index (χ2v) is 6.08. The Bertz CT molecular complexity index is 572. The highest BCUT2D eigenvalue weighted by Crippen LogP contribution is 2.24. The summed E-state index contributed by atoms with van der Waals surface area (Å²) in [4.78, 5) is 14.4. The molecule has 0 atom stereocenters. The van der Waals surface area contributed by atoms with Crippen LogP contribution in [0.1, 0.15) is 25.0 Å². The Morgan fingerprint density at radius 2 is 2.24 bits per heavy atom. The van der Waals surface area contributed by atoms with Crippen LogP contribution in [0.15, 0.2) is 18.2 Å². The van der Waals surface area contributed by atoms with Crippen molar-refractivity contribution in [2.75, 3.05) is 20.2 Å². The quantitative estimate of drug-likeness (QED) is 0.814. The van der Waals surface area contributed by atoms with E-state index >= 15 is 0 Å². The summed E-state index contributed by atoms with van der Waals surface area (Å²) in [5, 5.41) is 2.90. The summed E-state index contributed by atoms with van der Waals surface area (Å²) in [6.45, 7) is 6.03. The van der Waals surface area contributed by atoms with Gasteiger partial charge >= 0.3 is 0 Å². The zero-order valence-electron chi connectivity index (χ0n) is 12.6. The molecule has 1 saturated heterocycles. The normalized spacial score (nSPS) is 18.1. The van der Waals surface area contributed by atoms with E-state index in [1.54, 1.807) is 7.11 Å². The van der Waals surface area contributed by atoms with Crippen molar-refractivity contribution in [3.05, 3.63) is 29.3 Å². The number of thiocarbonyl (C=S) groups is 1. The molecule has 0 aliphatic carbocycles. The summed E-state index contributed by atoms with van der Waals surface area (Å²) in [5.74, 6) is 0.722. The highest BCUT2D eigenvalue weighted by atomic mass is 32.1. The molecule has 6 heteroatoms. The molecule has 0 spiro atoms. The smallest absolute Gasteiger partial charge is 0.240 e. The third-order valence-electron chi connectivity index (χ3n) is 3.92. The van der Waals surface area contributed by atoms with Crippen LogP contribution in [0, 0.1) is 0 Å². The first-order valence-corrected chi connectivity index (χ1v) is 7.27. The van der Waals surface area contributed by atoms with Crippen LogP contribution >= 0.6 is 12.2 Å². The molecule has 1 amide bonds. The number of nitrogens with two attached hydrogens (primary N) is 1. The Hall–Kier alpha value is -1.66. The third-order valence-corrected chi connectivity index (χ3v) is 4.14. The van der Waals surface area contributed by atoms with Crippen LogP contribution in [0.25, 0.3) is 0 Å². The van der Waals surface area contributed by atoms with E-state index in [0.29, 0.717) is 23.8 Å². The van der Waals surface area contributed by atoms with Gasteiger partial charge in [-0.25, -0.2) is 0 Å². The first kappa shape index (κ1) is 15.7. The van der Waals surface area contributed by atoms with Crippen molar-refractivity contribution in [2.45, 2.75) is 25.9 Å². The lowest BCUT2D eigenvalue weighted by atomic mass is 9.97. The van der Waals surface area contributed by atoms with E-state index in [1.165, 1.54) is 0 Å². The largest absolute Gasteiger partial charge is 0.496 e. The predicted octanol–water partition coefficient (Wildman–Crippen LogP) is 1.04. The zero-order chi connectivity index (χ0) is 15.6. The monoisotopic (exact) mass is 307 g/mol. The molecule has 0 unspecified atom stereocenters. The maximum absolute atomic E-state index is 12.0. The summed E-state index contributed by atoms with van der Waals surface area (Å²) in [5.41, 5.74) is 6.95. The van der Waals surface area contributed by atoms with Crippen molar-refractivity contribution in [1.82, 2.24) is 10.2 Å². The number of nitrogens with zero attached hydrogens (tertiary/aromatic N) is 1. The molecular weight excluding hydrogens is 286 g/mol. The van der Waals surface area contributed by atoms with E-state index in [2.05, 4.69) is 10.2 Å². The molecule has 1 aromatic carbocycles. The maximum Gasteiger partial charge on any atom is 0.240 e. The van der Waals surface area contributed by atoms with Gasteiger partial charge in [0.15, 0.2) is 0 Å². The van der Waals surface area contributed by atoms with Gasteiger partial charge in [-0.15, -0.1) is 0 Å². The van der Waals surface area contributed by atoms with Gasteiger partial charge in [0.1, 0.15) is 10.7 Å². The van der Waals surface area contributed by atoms with Crippen molar-refractivity contribution < 1.29 is 9.53 Å². The second-order valence-electron chi connectivity index (χ2n) is 5.64. The molecule has 3 N–H and O–H groups in total. The summed E-state index contributed by atoms with van der Waals surface area (Å²) >= 11 is 5.01. The Morgan fingerprint density at radius 3 is 2.86 bits per heavy atom. The van der Waals surface area contributed by atoms with Crippen LogP contribution in [0.4, 0.5) is 0 Å². The molecule has 1 aliphatic rings. The van der Waals surface area contributed by atoms with Crippen molar-refractivity contribution in [2.24, 2.45) is 5.73 Å². The lowest BCUT2D eigenvalue weighted by Crippen LogP contribution is -2.61. The van der Waals surface area contributed by atoms with Crippen molar-refractivity contribution in [1.29, 1.82) is 0 Å². The van der Waals surface area contributed by atoms with E-state index in [9.17, 15) is 4.79 Å². The molecule has 0 radical (unpaired) electrons. The number of methoxy groups -OCH3 is 1. The number of hydrogen-bond donors (Lipinski definition) is 2. The number of nitrogens with one attached hydrogen (secondary N) is 1. The molecule has 0 saturated carbocycles. The molecule has 21 heavy (non-hydrogen) atoms. The van der Waals surface area contributed by atoms with Crippen molar-refractivity contribution in [3.8, 4) is 5.75 Å². The molecule has 114 valence electrons. The summed E-state index contributed by atoms with van der Waals surface area (Å²) in [6.07, 6.45) is 0. The third kappa shape index (κ3) is 3.16. The van der Waals surface area contributed by atoms with Gasteiger partial charge in [-0.2, -0.15) is 0 Å². The van der Waals surface area contributed by atoms with Gasteiger partial charge in [0.2, 0.25) is 5.91 Å². The number of ether oxygens (including phenoxy) is 1. The highest BCUT2D eigenvalue weighted by Gasteiger charge is 2.37. The fourth-order valence-electron chi connectivity index (χ4n) is 2.48. The molecule has 2 rings (SSSR count). The molecule has 0 aromatic heterocycles. The molecule has 5 nitrogen and oxygen atoms in total. The van der Waals surface area contributed by atoms with E-state index in [0.717, 1.165) is 17.7 Å². The first-order chi connectivity index (χ1) is 9.86. The molecule has 0 bridgehead atoms. The van der Waals surface area contributed by atoms with Crippen LogP contribution in [0.2, 0.25) is 0 Å². The standard InChI is InChI=1S/C15H21N3O2S/c1-15(2)14(19)17-6-7-18(15)9-10-4-5-11(13(16)21)12(8-10)20-3/h4-5,8H,6-7,9H2,1-3H3,(H2,16,21)(H,17,19). The molecule has 1 aromatic rings. The Balaban J connectivity index is 2.23. The minimum Gasteiger partial charge on any atom is -0.496 e. The summed E-state index contributed by atoms with van der Waals surface area (Å²) in [7, 11) is 1.60. The highest BCUT2D eigenvalue weighted by molar-refractivity contribution is 7.80. The van der Waals surface area contributed by atoms with E-state index in [-0.39, 0.29) is 5.91 Å². The fourth-order valence-corrected chi connectivity index (χ4v) is 2.65. The van der Waals surface area contributed by atoms with Gasteiger partial charge < -0.3 is 15.8 Å². The van der Waals surface area contributed by atoms with Crippen LogP contribution in [-0.2, 0) is 11.3 Å². The number of rotatable bonds is 4. The average Bonchev–Trinajstić information content (AvgIpc) is 2.44. The zero-order valence-corrected chi connectivity index (χ0v) is 13.4. The van der Waals surface area contributed by atoms with E-state index in [1.807, 2.05) is 32.0 Å². The van der Waals surface area contributed by atoms with Gasteiger partial charge in [0.05, 0.1) is 18.2 Å². The number of carbonyl (C=O) groups excluding carboxylic acids is 1. The van der Waals surface area contributed by atoms with Crippen molar-refractivity contribution in [3.63, 3.8) is 0 Å². The van der Waals surface area contributed by atoms with Crippen LogP contribution in [0.3, 0.4) is 0 Å². The Morgan fingerprint density at radius 1 is 1.52 bits per heavy atom. The van der Waals surface area contributed by atoms with Gasteiger partial charge in [0, 0.05) is 19.6 Å². The van der Waals surface area contributed by atoms with Gasteiger partial charge in [0.25, 0.3) is 0 Å². The minimum absolute atomic E-state index is 0.0560. The Kier molecular flexibility index (Phi) is 4.49. The SMILES string of the molecule is COc1cc(CN2CCNC(=O)C2(C)C)ccc1C(N)=S.